The molecule has 1 aromatic carbocycles. The van der Waals surface area contributed by atoms with Crippen LogP contribution in [0.3, 0.4) is 0 Å². The number of halogens is 3. The van der Waals surface area contributed by atoms with E-state index in [1.54, 1.807) is 26.0 Å². The molecule has 2 aromatic rings. The van der Waals surface area contributed by atoms with Gasteiger partial charge in [0.05, 0.1) is 16.7 Å². The van der Waals surface area contributed by atoms with Crippen LogP contribution < -0.4 is 4.74 Å². The maximum absolute atomic E-state index is 13.8. The number of aryl methyl sites for hydroxylation is 1. The summed E-state index contributed by atoms with van der Waals surface area (Å²) in [4.78, 5) is 15.6. The van der Waals surface area contributed by atoms with Crippen molar-refractivity contribution in [2.45, 2.75) is 20.2 Å². The number of benzene rings is 1. The third-order valence-electron chi connectivity index (χ3n) is 2.67. The van der Waals surface area contributed by atoms with E-state index < -0.39 is 12.3 Å². The molecule has 0 fully saturated rings. The second-order valence-corrected chi connectivity index (χ2v) is 5.02. The Labute approximate surface area is 130 Å². The summed E-state index contributed by atoms with van der Waals surface area (Å²) in [5.74, 6) is -1.16. The van der Waals surface area contributed by atoms with Crippen LogP contribution in [0.25, 0.3) is 10.9 Å². The van der Waals surface area contributed by atoms with E-state index in [4.69, 9.17) is 27.9 Å². The highest BCUT2D eigenvalue weighted by Gasteiger charge is 2.24. The molecule has 112 valence electrons. The fourth-order valence-corrected chi connectivity index (χ4v) is 2.32. The molecule has 1 unspecified atom stereocenters. The topological polar surface area (TPSA) is 48.4 Å². The molecule has 1 atom stereocenters. The monoisotopic (exact) mass is 331 g/mol. The number of pyridine rings is 1. The third-order valence-corrected chi connectivity index (χ3v) is 3.26. The van der Waals surface area contributed by atoms with Gasteiger partial charge in [-0.25, -0.2) is 9.78 Å². The number of hydrogen-bond donors (Lipinski definition) is 0. The molecule has 0 saturated heterocycles. The normalized spacial score (nSPS) is 12.2. The molecule has 1 heterocycles. The lowest BCUT2D eigenvalue weighted by Crippen LogP contribution is -2.25. The molecule has 21 heavy (non-hydrogen) atoms. The van der Waals surface area contributed by atoms with Crippen molar-refractivity contribution < 1.29 is 18.7 Å². The van der Waals surface area contributed by atoms with Gasteiger partial charge in [-0.15, -0.1) is 0 Å². The standard InChI is InChI=1S/C14H12Cl2FNO3/c1-3-20-14(19)13(17)21-12-10(16)6-9(15)8-5-4-7(2)18-11(8)12/h4-6,13H,3H2,1-2H3. The number of esters is 1. The van der Waals surface area contributed by atoms with Crippen molar-refractivity contribution in [1.82, 2.24) is 4.98 Å². The average Bonchev–Trinajstić information content (AvgIpc) is 2.43. The van der Waals surface area contributed by atoms with Gasteiger partial charge in [0, 0.05) is 11.1 Å². The molecule has 0 aliphatic carbocycles. The maximum atomic E-state index is 13.8. The molecule has 0 amide bonds. The molecule has 0 bridgehead atoms. The van der Waals surface area contributed by atoms with E-state index >= 15 is 0 Å². The molecule has 0 aliphatic rings. The molecule has 0 spiro atoms. The summed E-state index contributed by atoms with van der Waals surface area (Å²) in [6.07, 6.45) is -2.28. The van der Waals surface area contributed by atoms with Crippen molar-refractivity contribution in [1.29, 1.82) is 0 Å². The van der Waals surface area contributed by atoms with Crippen LogP contribution >= 0.6 is 23.2 Å². The molecular weight excluding hydrogens is 320 g/mol. The zero-order valence-electron chi connectivity index (χ0n) is 11.3. The van der Waals surface area contributed by atoms with Gasteiger partial charge in [-0.2, -0.15) is 4.39 Å². The molecule has 0 saturated carbocycles. The number of ether oxygens (including phenoxy) is 2. The van der Waals surface area contributed by atoms with Gasteiger partial charge < -0.3 is 9.47 Å². The second-order valence-electron chi connectivity index (χ2n) is 4.20. The third kappa shape index (κ3) is 3.36. The molecule has 2 rings (SSSR count). The van der Waals surface area contributed by atoms with Crippen LogP contribution in [0.15, 0.2) is 18.2 Å². The number of carbonyl (C=O) groups is 1. The predicted molar refractivity (Wildman–Crippen MR) is 78.7 cm³/mol. The maximum Gasteiger partial charge on any atom is 0.381 e. The summed E-state index contributed by atoms with van der Waals surface area (Å²) < 4.78 is 23.3. The highest BCUT2D eigenvalue weighted by atomic mass is 35.5. The first-order valence-corrected chi connectivity index (χ1v) is 6.92. The molecular formula is C14H12Cl2FNO3. The quantitative estimate of drug-likeness (QED) is 0.792. The molecule has 0 radical (unpaired) electrons. The fraction of sp³-hybridized carbons (Fsp3) is 0.286. The number of carbonyl (C=O) groups excluding carboxylic acids is 1. The largest absolute Gasteiger partial charge is 0.461 e. The van der Waals surface area contributed by atoms with E-state index in [1.165, 1.54) is 6.07 Å². The van der Waals surface area contributed by atoms with Crippen LogP contribution in [0.4, 0.5) is 4.39 Å². The molecule has 4 nitrogen and oxygen atoms in total. The predicted octanol–water partition coefficient (Wildman–Crippen LogP) is 4.09. The van der Waals surface area contributed by atoms with Gasteiger partial charge in [0.2, 0.25) is 0 Å². The molecule has 0 N–H and O–H groups in total. The van der Waals surface area contributed by atoms with Crippen molar-refractivity contribution in [3.8, 4) is 5.75 Å². The summed E-state index contributed by atoms with van der Waals surface area (Å²) in [7, 11) is 0. The summed E-state index contributed by atoms with van der Waals surface area (Å²) in [5.41, 5.74) is 0.969. The Kier molecular flexibility index (Phi) is 4.85. The first-order chi connectivity index (χ1) is 9.93. The van der Waals surface area contributed by atoms with Crippen molar-refractivity contribution in [2.24, 2.45) is 0 Å². The number of rotatable bonds is 4. The smallest absolute Gasteiger partial charge is 0.381 e. The highest BCUT2D eigenvalue weighted by Crippen LogP contribution is 2.37. The van der Waals surface area contributed by atoms with Crippen LogP contribution in [0, 0.1) is 6.92 Å². The van der Waals surface area contributed by atoms with Crippen molar-refractivity contribution in [3.05, 3.63) is 33.9 Å². The van der Waals surface area contributed by atoms with Gasteiger partial charge in [-0.3, -0.25) is 0 Å². The minimum atomic E-state index is -2.28. The lowest BCUT2D eigenvalue weighted by Gasteiger charge is -2.14. The zero-order chi connectivity index (χ0) is 15.6. The van der Waals surface area contributed by atoms with E-state index in [1.807, 2.05) is 0 Å². The van der Waals surface area contributed by atoms with Gasteiger partial charge in [0.25, 0.3) is 0 Å². The molecule has 1 aromatic heterocycles. The number of aromatic nitrogens is 1. The number of alkyl halides is 1. The van der Waals surface area contributed by atoms with Gasteiger partial charge >= 0.3 is 12.3 Å². The van der Waals surface area contributed by atoms with Crippen molar-refractivity contribution in [2.75, 3.05) is 6.61 Å². The van der Waals surface area contributed by atoms with Gasteiger partial charge in [0.15, 0.2) is 5.75 Å². The number of fused-ring (bicyclic) bond motifs is 1. The minimum Gasteiger partial charge on any atom is -0.461 e. The van der Waals surface area contributed by atoms with E-state index in [2.05, 4.69) is 9.72 Å². The second kappa shape index (κ2) is 6.45. The van der Waals surface area contributed by atoms with Crippen LogP contribution in [0.1, 0.15) is 12.6 Å². The van der Waals surface area contributed by atoms with Crippen LogP contribution in [0.5, 0.6) is 5.75 Å². The van der Waals surface area contributed by atoms with Crippen LogP contribution in [0.2, 0.25) is 10.0 Å². The van der Waals surface area contributed by atoms with Crippen molar-refractivity contribution in [3.63, 3.8) is 0 Å². The lowest BCUT2D eigenvalue weighted by atomic mass is 10.2. The summed E-state index contributed by atoms with van der Waals surface area (Å²) in [6.45, 7) is 3.38. The molecule has 0 aliphatic heterocycles. The lowest BCUT2D eigenvalue weighted by molar-refractivity contribution is -0.159. The first-order valence-electron chi connectivity index (χ1n) is 6.16. The summed E-state index contributed by atoms with van der Waals surface area (Å²) >= 11 is 12.1. The number of hydrogen-bond acceptors (Lipinski definition) is 4. The van der Waals surface area contributed by atoms with E-state index in [9.17, 15) is 9.18 Å². The Morgan fingerprint density at radius 2 is 2.10 bits per heavy atom. The van der Waals surface area contributed by atoms with Crippen LogP contribution in [-0.4, -0.2) is 23.9 Å². The van der Waals surface area contributed by atoms with E-state index in [-0.39, 0.29) is 17.4 Å². The van der Waals surface area contributed by atoms with E-state index in [0.717, 1.165) is 0 Å². The minimum absolute atomic E-state index is 0.0414. The van der Waals surface area contributed by atoms with Gasteiger partial charge in [-0.1, -0.05) is 23.2 Å². The summed E-state index contributed by atoms with van der Waals surface area (Å²) in [5, 5.41) is 0.983. The SMILES string of the molecule is CCOC(=O)C(F)Oc1c(Cl)cc(Cl)c2ccc(C)nc12. The fourth-order valence-electron chi connectivity index (χ4n) is 1.76. The highest BCUT2D eigenvalue weighted by molar-refractivity contribution is 6.39. The Balaban J connectivity index is 2.48. The Morgan fingerprint density at radius 1 is 1.38 bits per heavy atom. The number of nitrogens with zero attached hydrogens (tertiary/aromatic N) is 1. The Morgan fingerprint density at radius 3 is 2.76 bits per heavy atom. The van der Waals surface area contributed by atoms with Gasteiger partial charge in [0.1, 0.15) is 5.52 Å². The van der Waals surface area contributed by atoms with E-state index in [0.29, 0.717) is 21.6 Å². The van der Waals surface area contributed by atoms with Crippen molar-refractivity contribution >= 4 is 40.1 Å². The first kappa shape index (κ1) is 15.8. The van der Waals surface area contributed by atoms with Gasteiger partial charge in [-0.05, 0) is 32.0 Å². The Hall–Kier alpha value is -1.59. The summed E-state index contributed by atoms with van der Waals surface area (Å²) in [6, 6.07) is 4.89. The van der Waals surface area contributed by atoms with Crippen LogP contribution in [-0.2, 0) is 9.53 Å². The average molecular weight is 332 g/mol. The molecule has 7 heteroatoms. The zero-order valence-corrected chi connectivity index (χ0v) is 12.8. The Bertz CT molecular complexity index is 693.